The third-order valence-electron chi connectivity index (χ3n) is 4.97. The second-order valence-electron chi connectivity index (χ2n) is 6.25. The molecule has 0 saturated carbocycles. The molecule has 1 fully saturated rings. The minimum atomic E-state index is 0.510. The Morgan fingerprint density at radius 3 is 1.76 bits per heavy atom. The van der Waals surface area contributed by atoms with Crippen LogP contribution in [0.1, 0.15) is 36.8 Å². The van der Waals surface area contributed by atoms with Crippen LogP contribution in [0.5, 0.6) is 0 Å². The summed E-state index contributed by atoms with van der Waals surface area (Å²) in [6.45, 7) is 4.79. The van der Waals surface area contributed by atoms with Crippen molar-refractivity contribution >= 4 is 0 Å². The summed E-state index contributed by atoms with van der Waals surface area (Å²) in [5.74, 6) is 2.00. The highest BCUT2D eigenvalue weighted by Crippen LogP contribution is 2.38. The molecule has 1 heterocycles. The number of piperidine rings is 1. The Labute approximate surface area is 128 Å². The summed E-state index contributed by atoms with van der Waals surface area (Å²) in [6, 6.07) is 22.0. The van der Waals surface area contributed by atoms with Gasteiger partial charge in [-0.05, 0) is 48.9 Å². The molecule has 1 atom stereocenters. The van der Waals surface area contributed by atoms with Gasteiger partial charge >= 0.3 is 0 Å². The van der Waals surface area contributed by atoms with Gasteiger partial charge in [0.2, 0.25) is 0 Å². The van der Waals surface area contributed by atoms with Crippen LogP contribution in [0.3, 0.4) is 0 Å². The summed E-state index contributed by atoms with van der Waals surface area (Å²) in [6.07, 6.45) is 2.61. The summed E-state index contributed by atoms with van der Waals surface area (Å²) in [7, 11) is 0. The molecule has 0 radical (unpaired) electrons. The first-order valence-corrected chi connectivity index (χ1v) is 8.17. The molecule has 0 aromatic heterocycles. The Bertz CT molecular complexity index is 489. The highest BCUT2D eigenvalue weighted by Gasteiger charge is 2.28. The van der Waals surface area contributed by atoms with Gasteiger partial charge in [-0.2, -0.15) is 0 Å². The molecule has 0 aliphatic carbocycles. The number of hydrogen-bond donors (Lipinski definition) is 1. The summed E-state index contributed by atoms with van der Waals surface area (Å²) in [5, 5.41) is 3.49. The molecule has 0 bridgehead atoms. The highest BCUT2D eigenvalue weighted by molar-refractivity contribution is 5.33. The Morgan fingerprint density at radius 1 is 0.810 bits per heavy atom. The van der Waals surface area contributed by atoms with Crippen LogP contribution in [0.15, 0.2) is 60.7 Å². The van der Waals surface area contributed by atoms with Crippen LogP contribution in [0.25, 0.3) is 0 Å². The maximum Gasteiger partial charge on any atom is 0.0118 e. The zero-order valence-electron chi connectivity index (χ0n) is 12.8. The molecule has 3 rings (SSSR count). The Hall–Kier alpha value is -1.60. The number of nitrogens with one attached hydrogen (secondary N) is 1. The fourth-order valence-corrected chi connectivity index (χ4v) is 3.76. The zero-order valence-corrected chi connectivity index (χ0v) is 12.8. The van der Waals surface area contributed by atoms with Crippen molar-refractivity contribution < 1.29 is 0 Å². The topological polar surface area (TPSA) is 12.0 Å². The SMILES string of the molecule is CC(C1CCNCC1)C(c1ccccc1)c1ccccc1. The first-order valence-electron chi connectivity index (χ1n) is 8.17. The van der Waals surface area contributed by atoms with Crippen LogP contribution in [0, 0.1) is 11.8 Å². The van der Waals surface area contributed by atoms with Crippen LogP contribution >= 0.6 is 0 Å². The monoisotopic (exact) mass is 279 g/mol. The van der Waals surface area contributed by atoms with Crippen LogP contribution < -0.4 is 5.32 Å². The molecule has 0 amide bonds. The Balaban J connectivity index is 1.92. The van der Waals surface area contributed by atoms with Gasteiger partial charge in [0.05, 0.1) is 0 Å². The maximum atomic E-state index is 3.49. The third kappa shape index (κ3) is 3.36. The quantitative estimate of drug-likeness (QED) is 0.871. The number of rotatable bonds is 4. The molecule has 1 N–H and O–H groups in total. The minimum Gasteiger partial charge on any atom is -0.317 e. The molecule has 0 spiro atoms. The minimum absolute atomic E-state index is 0.510. The smallest absolute Gasteiger partial charge is 0.0118 e. The van der Waals surface area contributed by atoms with E-state index in [1.165, 1.54) is 37.1 Å². The first-order chi connectivity index (χ1) is 10.4. The van der Waals surface area contributed by atoms with E-state index in [4.69, 9.17) is 0 Å². The van der Waals surface area contributed by atoms with Crippen LogP contribution in [0.2, 0.25) is 0 Å². The lowest BCUT2D eigenvalue weighted by atomic mass is 9.72. The Kier molecular flexibility index (Phi) is 4.72. The van der Waals surface area contributed by atoms with Crippen molar-refractivity contribution in [3.8, 4) is 0 Å². The molecular weight excluding hydrogens is 254 g/mol. The van der Waals surface area contributed by atoms with Crippen molar-refractivity contribution in [2.45, 2.75) is 25.7 Å². The van der Waals surface area contributed by atoms with Gasteiger partial charge in [0.1, 0.15) is 0 Å². The van der Waals surface area contributed by atoms with Crippen molar-refractivity contribution in [1.82, 2.24) is 5.32 Å². The highest BCUT2D eigenvalue weighted by atomic mass is 14.9. The first kappa shape index (κ1) is 14.3. The van der Waals surface area contributed by atoms with Gasteiger partial charge in [-0.25, -0.2) is 0 Å². The van der Waals surface area contributed by atoms with Gasteiger partial charge in [-0.15, -0.1) is 0 Å². The van der Waals surface area contributed by atoms with Crippen LogP contribution in [-0.4, -0.2) is 13.1 Å². The van der Waals surface area contributed by atoms with Gasteiger partial charge in [0.15, 0.2) is 0 Å². The van der Waals surface area contributed by atoms with E-state index >= 15 is 0 Å². The lowest BCUT2D eigenvalue weighted by Gasteiger charge is -2.34. The second kappa shape index (κ2) is 6.91. The van der Waals surface area contributed by atoms with Crippen molar-refractivity contribution in [3.63, 3.8) is 0 Å². The molecule has 2 aromatic rings. The molecule has 1 aliphatic heterocycles. The van der Waals surface area contributed by atoms with Gasteiger partial charge in [0, 0.05) is 5.92 Å². The zero-order chi connectivity index (χ0) is 14.5. The van der Waals surface area contributed by atoms with Gasteiger partial charge in [-0.1, -0.05) is 67.6 Å². The standard InChI is InChI=1S/C20H25N/c1-16(17-12-14-21-15-13-17)20(18-8-4-2-5-9-18)19-10-6-3-7-11-19/h2-11,16-17,20-21H,12-15H2,1H3. The molecular formula is C20H25N. The van der Waals surface area contributed by atoms with E-state index in [0.29, 0.717) is 11.8 Å². The third-order valence-corrected chi connectivity index (χ3v) is 4.97. The number of hydrogen-bond acceptors (Lipinski definition) is 1. The van der Waals surface area contributed by atoms with Gasteiger partial charge < -0.3 is 5.32 Å². The summed E-state index contributed by atoms with van der Waals surface area (Å²) in [5.41, 5.74) is 2.91. The molecule has 1 nitrogen and oxygen atoms in total. The average molecular weight is 279 g/mol. The molecule has 21 heavy (non-hydrogen) atoms. The van der Waals surface area contributed by atoms with E-state index < -0.39 is 0 Å². The predicted molar refractivity (Wildman–Crippen MR) is 89.5 cm³/mol. The summed E-state index contributed by atoms with van der Waals surface area (Å²) < 4.78 is 0. The maximum absolute atomic E-state index is 3.49. The Morgan fingerprint density at radius 2 is 1.29 bits per heavy atom. The largest absolute Gasteiger partial charge is 0.317 e. The summed E-state index contributed by atoms with van der Waals surface area (Å²) in [4.78, 5) is 0. The summed E-state index contributed by atoms with van der Waals surface area (Å²) >= 11 is 0. The van der Waals surface area contributed by atoms with Crippen molar-refractivity contribution in [3.05, 3.63) is 71.8 Å². The van der Waals surface area contributed by atoms with E-state index in [1.54, 1.807) is 0 Å². The van der Waals surface area contributed by atoms with E-state index in [1.807, 2.05) is 0 Å². The van der Waals surface area contributed by atoms with Crippen molar-refractivity contribution in [2.24, 2.45) is 11.8 Å². The molecule has 1 saturated heterocycles. The molecule has 2 aromatic carbocycles. The normalized spacial score (nSPS) is 17.8. The van der Waals surface area contributed by atoms with E-state index in [-0.39, 0.29) is 0 Å². The van der Waals surface area contributed by atoms with E-state index in [9.17, 15) is 0 Å². The lowest BCUT2D eigenvalue weighted by molar-refractivity contribution is 0.255. The fraction of sp³-hybridized carbons (Fsp3) is 0.400. The molecule has 1 aliphatic rings. The number of benzene rings is 2. The average Bonchev–Trinajstić information content (AvgIpc) is 2.58. The second-order valence-corrected chi connectivity index (χ2v) is 6.25. The van der Waals surface area contributed by atoms with Crippen LogP contribution in [-0.2, 0) is 0 Å². The van der Waals surface area contributed by atoms with Gasteiger partial charge in [0.25, 0.3) is 0 Å². The van der Waals surface area contributed by atoms with Crippen molar-refractivity contribution in [2.75, 3.05) is 13.1 Å². The van der Waals surface area contributed by atoms with Crippen molar-refractivity contribution in [1.29, 1.82) is 0 Å². The van der Waals surface area contributed by atoms with E-state index in [0.717, 1.165) is 5.92 Å². The van der Waals surface area contributed by atoms with Crippen LogP contribution in [0.4, 0.5) is 0 Å². The van der Waals surface area contributed by atoms with Gasteiger partial charge in [-0.3, -0.25) is 0 Å². The van der Waals surface area contributed by atoms with E-state index in [2.05, 4.69) is 72.9 Å². The lowest BCUT2D eigenvalue weighted by Crippen LogP contribution is -2.33. The predicted octanol–water partition coefficient (Wildman–Crippen LogP) is 4.45. The molecule has 1 unspecified atom stereocenters. The molecule has 110 valence electrons. The fourth-order valence-electron chi connectivity index (χ4n) is 3.76. The molecule has 1 heteroatoms.